The van der Waals surface area contributed by atoms with Crippen molar-refractivity contribution in [2.45, 2.75) is 13.3 Å². The molecular weight excluding hydrogens is 302 g/mol. The van der Waals surface area contributed by atoms with Crippen molar-refractivity contribution in [3.8, 4) is 11.4 Å². The van der Waals surface area contributed by atoms with Crippen molar-refractivity contribution in [1.29, 1.82) is 0 Å². The van der Waals surface area contributed by atoms with E-state index in [-0.39, 0.29) is 12.3 Å². The average molecular weight is 321 g/mol. The molecule has 0 aliphatic rings. The number of aromatic nitrogens is 2. The Morgan fingerprint density at radius 2 is 1.75 bits per heavy atom. The minimum absolute atomic E-state index is 0.108. The van der Waals surface area contributed by atoms with Gasteiger partial charge in [0.15, 0.2) is 0 Å². The van der Waals surface area contributed by atoms with Crippen LogP contribution in [0.4, 0.5) is 5.82 Å². The number of amides is 1. The van der Waals surface area contributed by atoms with Gasteiger partial charge < -0.3 is 10.1 Å². The molecule has 0 aliphatic heterocycles. The first-order valence-corrected chi connectivity index (χ1v) is 7.82. The molecule has 0 atom stereocenters. The number of ether oxygens (including phenoxy) is 1. The van der Waals surface area contributed by atoms with Crippen LogP contribution in [0.15, 0.2) is 66.7 Å². The molecule has 1 aromatic heterocycles. The normalized spacial score (nSPS) is 10.4. The van der Waals surface area contributed by atoms with E-state index < -0.39 is 0 Å². The van der Waals surface area contributed by atoms with E-state index in [2.05, 4.69) is 10.4 Å². The highest BCUT2D eigenvalue weighted by molar-refractivity contribution is 5.90. The van der Waals surface area contributed by atoms with Crippen LogP contribution >= 0.6 is 0 Å². The summed E-state index contributed by atoms with van der Waals surface area (Å²) in [6, 6.07) is 21.0. The highest BCUT2D eigenvalue weighted by atomic mass is 16.5. The molecule has 3 aromatic rings. The molecule has 24 heavy (non-hydrogen) atoms. The van der Waals surface area contributed by atoms with Crippen LogP contribution in [0.3, 0.4) is 0 Å². The van der Waals surface area contributed by atoms with Crippen LogP contribution in [-0.4, -0.2) is 22.3 Å². The van der Waals surface area contributed by atoms with E-state index in [1.54, 1.807) is 4.68 Å². The van der Waals surface area contributed by atoms with Gasteiger partial charge in [0.05, 0.1) is 24.4 Å². The Hall–Kier alpha value is -3.08. The minimum atomic E-state index is -0.108. The number of nitrogens with zero attached hydrogens (tertiary/aromatic N) is 2. The third kappa shape index (κ3) is 4.01. The molecule has 5 heteroatoms. The summed E-state index contributed by atoms with van der Waals surface area (Å²) in [5.41, 5.74) is 1.75. The van der Waals surface area contributed by atoms with Crippen LogP contribution in [0.25, 0.3) is 5.69 Å². The zero-order valence-electron chi connectivity index (χ0n) is 13.5. The smallest absolute Gasteiger partial charge is 0.228 e. The maximum Gasteiger partial charge on any atom is 0.228 e. The molecule has 3 rings (SSSR count). The molecule has 0 unspecified atom stereocenters. The molecule has 1 amide bonds. The van der Waals surface area contributed by atoms with Crippen molar-refractivity contribution in [2.75, 3.05) is 11.9 Å². The fraction of sp³-hybridized carbons (Fsp3) is 0.158. The van der Waals surface area contributed by atoms with Crippen LogP contribution in [0.1, 0.15) is 12.1 Å². The fourth-order valence-electron chi connectivity index (χ4n) is 2.34. The summed E-state index contributed by atoms with van der Waals surface area (Å²) in [6.07, 6.45) is 0.272. The third-order valence-electron chi connectivity index (χ3n) is 3.44. The number of hydrogen-bond donors (Lipinski definition) is 1. The molecule has 0 spiro atoms. The zero-order valence-corrected chi connectivity index (χ0v) is 13.5. The fourth-order valence-corrected chi connectivity index (χ4v) is 2.34. The van der Waals surface area contributed by atoms with Crippen LogP contribution in [-0.2, 0) is 4.79 Å². The zero-order chi connectivity index (χ0) is 16.8. The Kier molecular flexibility index (Phi) is 4.91. The van der Waals surface area contributed by atoms with Gasteiger partial charge in [-0.2, -0.15) is 5.10 Å². The van der Waals surface area contributed by atoms with Gasteiger partial charge in [-0.25, -0.2) is 4.68 Å². The first-order chi connectivity index (χ1) is 11.7. The molecule has 0 bridgehead atoms. The summed E-state index contributed by atoms with van der Waals surface area (Å²) in [5, 5.41) is 7.33. The third-order valence-corrected chi connectivity index (χ3v) is 3.44. The Balaban J connectivity index is 1.61. The van der Waals surface area contributed by atoms with Gasteiger partial charge in [0.1, 0.15) is 11.6 Å². The largest absolute Gasteiger partial charge is 0.493 e. The summed E-state index contributed by atoms with van der Waals surface area (Å²) in [4.78, 5) is 12.2. The molecule has 0 radical (unpaired) electrons. The Bertz CT molecular complexity index is 798. The molecule has 0 saturated heterocycles. The van der Waals surface area contributed by atoms with Crippen molar-refractivity contribution in [2.24, 2.45) is 0 Å². The molecule has 1 heterocycles. The number of rotatable bonds is 6. The maximum absolute atomic E-state index is 12.2. The summed E-state index contributed by atoms with van der Waals surface area (Å²) in [5.74, 6) is 1.31. The number of benzene rings is 2. The van der Waals surface area contributed by atoms with Gasteiger partial charge in [0, 0.05) is 6.07 Å². The first kappa shape index (κ1) is 15.8. The van der Waals surface area contributed by atoms with Crippen molar-refractivity contribution in [3.63, 3.8) is 0 Å². The number of anilines is 1. The second kappa shape index (κ2) is 7.46. The van der Waals surface area contributed by atoms with E-state index in [1.165, 1.54) is 0 Å². The van der Waals surface area contributed by atoms with Gasteiger partial charge in [0.2, 0.25) is 5.91 Å². The number of para-hydroxylation sites is 2. The van der Waals surface area contributed by atoms with Crippen LogP contribution in [0.5, 0.6) is 5.75 Å². The summed E-state index contributed by atoms with van der Waals surface area (Å²) in [7, 11) is 0. The van der Waals surface area contributed by atoms with Crippen LogP contribution < -0.4 is 10.1 Å². The first-order valence-electron chi connectivity index (χ1n) is 7.82. The van der Waals surface area contributed by atoms with Crippen LogP contribution in [0.2, 0.25) is 0 Å². The lowest BCUT2D eigenvalue weighted by Crippen LogP contribution is -2.17. The number of carbonyl (C=O) groups is 1. The quantitative estimate of drug-likeness (QED) is 0.755. The predicted octanol–water partition coefficient (Wildman–Crippen LogP) is 3.59. The number of carbonyl (C=O) groups excluding carboxylic acids is 1. The Labute approximate surface area is 140 Å². The number of aryl methyl sites for hydroxylation is 1. The molecule has 0 saturated carbocycles. The molecule has 122 valence electrons. The maximum atomic E-state index is 12.2. The number of hydrogen-bond acceptors (Lipinski definition) is 3. The highest BCUT2D eigenvalue weighted by Crippen LogP contribution is 2.17. The van der Waals surface area contributed by atoms with Gasteiger partial charge in [-0.15, -0.1) is 0 Å². The van der Waals surface area contributed by atoms with Gasteiger partial charge in [-0.1, -0.05) is 36.4 Å². The second-order valence-corrected chi connectivity index (χ2v) is 5.38. The van der Waals surface area contributed by atoms with Gasteiger partial charge in [0.25, 0.3) is 0 Å². The minimum Gasteiger partial charge on any atom is -0.493 e. The van der Waals surface area contributed by atoms with E-state index in [0.717, 1.165) is 17.1 Å². The van der Waals surface area contributed by atoms with Gasteiger partial charge in [-0.3, -0.25) is 4.79 Å². The molecule has 1 N–H and O–H groups in total. The molecular formula is C19H19N3O2. The van der Waals surface area contributed by atoms with Crippen molar-refractivity contribution >= 4 is 11.7 Å². The van der Waals surface area contributed by atoms with Gasteiger partial charge >= 0.3 is 0 Å². The van der Waals surface area contributed by atoms with Crippen molar-refractivity contribution in [3.05, 3.63) is 72.4 Å². The lowest BCUT2D eigenvalue weighted by atomic mass is 10.3. The van der Waals surface area contributed by atoms with Crippen molar-refractivity contribution < 1.29 is 9.53 Å². The molecule has 0 aliphatic carbocycles. The predicted molar refractivity (Wildman–Crippen MR) is 93.5 cm³/mol. The van der Waals surface area contributed by atoms with Crippen molar-refractivity contribution in [1.82, 2.24) is 9.78 Å². The van der Waals surface area contributed by atoms with E-state index in [9.17, 15) is 4.79 Å². The standard InChI is InChI=1S/C19H19N3O2/c1-15-14-18(22(21-15)16-8-4-2-5-9-16)20-19(23)12-13-24-17-10-6-3-7-11-17/h2-11,14H,12-13H2,1H3,(H,20,23). The highest BCUT2D eigenvalue weighted by Gasteiger charge is 2.10. The summed E-state index contributed by atoms with van der Waals surface area (Å²) >= 11 is 0. The molecule has 5 nitrogen and oxygen atoms in total. The van der Waals surface area contributed by atoms with Crippen LogP contribution in [0, 0.1) is 6.92 Å². The molecule has 0 fully saturated rings. The lowest BCUT2D eigenvalue weighted by Gasteiger charge is -2.09. The second-order valence-electron chi connectivity index (χ2n) is 5.38. The summed E-state index contributed by atoms with van der Waals surface area (Å²) in [6.45, 7) is 2.22. The monoisotopic (exact) mass is 321 g/mol. The van der Waals surface area contributed by atoms with E-state index in [4.69, 9.17) is 4.74 Å². The topological polar surface area (TPSA) is 56.1 Å². The number of nitrogens with one attached hydrogen (secondary N) is 1. The SMILES string of the molecule is Cc1cc(NC(=O)CCOc2ccccc2)n(-c2ccccc2)n1. The molecule has 2 aromatic carbocycles. The van der Waals surface area contributed by atoms with Gasteiger partial charge in [-0.05, 0) is 31.2 Å². The van der Waals surface area contributed by atoms with E-state index in [0.29, 0.717) is 12.4 Å². The van der Waals surface area contributed by atoms with E-state index >= 15 is 0 Å². The Morgan fingerprint density at radius 1 is 1.08 bits per heavy atom. The van der Waals surface area contributed by atoms with E-state index in [1.807, 2.05) is 73.7 Å². The Morgan fingerprint density at radius 3 is 2.46 bits per heavy atom. The summed E-state index contributed by atoms with van der Waals surface area (Å²) < 4.78 is 7.28. The lowest BCUT2D eigenvalue weighted by molar-refractivity contribution is -0.116. The average Bonchev–Trinajstić information content (AvgIpc) is 2.97.